The molecule has 108 valence electrons. The molecule has 0 atom stereocenters. The highest BCUT2D eigenvalue weighted by Gasteiger charge is 2.17. The first-order valence-electron chi connectivity index (χ1n) is 6.46. The number of hydrogen-bond donors (Lipinski definition) is 2. The maximum atomic E-state index is 4.24. The summed E-state index contributed by atoms with van der Waals surface area (Å²) in [5, 5.41) is 6.76. The maximum absolute atomic E-state index is 4.24. The van der Waals surface area contributed by atoms with E-state index in [-0.39, 0.29) is 24.0 Å². The van der Waals surface area contributed by atoms with Crippen LogP contribution in [0.1, 0.15) is 24.1 Å². The summed E-state index contributed by atoms with van der Waals surface area (Å²) >= 11 is 5.28. The lowest BCUT2D eigenvalue weighted by Crippen LogP contribution is -2.41. The summed E-state index contributed by atoms with van der Waals surface area (Å²) in [6.07, 6.45) is 5.17. The number of hydrogen-bond acceptors (Lipinski definition) is 2. The minimum atomic E-state index is 0. The predicted molar refractivity (Wildman–Crippen MR) is 97.8 cm³/mol. The second kappa shape index (κ2) is 9.18. The molecular weight excluding hydrogens is 437 g/mol. The number of nitrogens with one attached hydrogen (secondary N) is 2. The third-order valence-corrected chi connectivity index (χ3v) is 4.98. The Balaban J connectivity index is 0.00000180. The summed E-state index contributed by atoms with van der Waals surface area (Å²) in [7, 11) is 1.83. The van der Waals surface area contributed by atoms with Crippen LogP contribution in [-0.4, -0.2) is 26.1 Å². The van der Waals surface area contributed by atoms with Gasteiger partial charge in [-0.1, -0.05) is 6.42 Å². The van der Waals surface area contributed by atoms with E-state index in [1.807, 2.05) is 7.05 Å². The van der Waals surface area contributed by atoms with Crippen molar-refractivity contribution in [3.8, 4) is 0 Å². The van der Waals surface area contributed by atoms with Crippen molar-refractivity contribution in [2.75, 3.05) is 20.1 Å². The van der Waals surface area contributed by atoms with E-state index < -0.39 is 0 Å². The molecule has 1 heterocycles. The minimum absolute atomic E-state index is 0. The van der Waals surface area contributed by atoms with Gasteiger partial charge >= 0.3 is 0 Å². The van der Waals surface area contributed by atoms with E-state index in [1.165, 1.54) is 27.9 Å². The summed E-state index contributed by atoms with van der Waals surface area (Å²) in [5.74, 6) is 1.79. The van der Waals surface area contributed by atoms with Crippen LogP contribution in [0.3, 0.4) is 0 Å². The molecule has 0 spiro atoms. The third-order valence-electron chi connectivity index (χ3n) is 3.30. The number of nitrogens with zero attached hydrogens (tertiary/aromatic N) is 1. The van der Waals surface area contributed by atoms with Crippen molar-refractivity contribution >= 4 is 57.2 Å². The van der Waals surface area contributed by atoms with Crippen molar-refractivity contribution in [1.29, 1.82) is 0 Å². The average molecular weight is 458 g/mol. The van der Waals surface area contributed by atoms with E-state index in [9.17, 15) is 0 Å². The first-order valence-corrected chi connectivity index (χ1v) is 8.07. The Kier molecular flexibility index (Phi) is 8.32. The fourth-order valence-electron chi connectivity index (χ4n) is 1.95. The Morgan fingerprint density at radius 1 is 1.42 bits per heavy atom. The second-order valence-electron chi connectivity index (χ2n) is 4.63. The molecule has 6 heteroatoms. The summed E-state index contributed by atoms with van der Waals surface area (Å²) < 4.78 is 1.20. The Morgan fingerprint density at radius 3 is 2.74 bits per heavy atom. The Labute approximate surface area is 144 Å². The second-order valence-corrected chi connectivity index (χ2v) is 7.18. The topological polar surface area (TPSA) is 36.4 Å². The molecule has 1 fully saturated rings. The molecule has 1 aliphatic carbocycles. The van der Waals surface area contributed by atoms with Crippen molar-refractivity contribution in [3.63, 3.8) is 0 Å². The van der Waals surface area contributed by atoms with Gasteiger partial charge in [0.05, 0.1) is 3.79 Å². The van der Waals surface area contributed by atoms with Crippen LogP contribution in [0, 0.1) is 5.92 Å². The van der Waals surface area contributed by atoms with Gasteiger partial charge in [0.15, 0.2) is 5.96 Å². The smallest absolute Gasteiger partial charge is 0.190 e. The number of thiophene rings is 1. The lowest BCUT2D eigenvalue weighted by molar-refractivity contribution is 0.314. The zero-order valence-corrected chi connectivity index (χ0v) is 15.8. The van der Waals surface area contributed by atoms with E-state index in [1.54, 1.807) is 11.3 Å². The lowest BCUT2D eigenvalue weighted by Gasteiger charge is -2.26. The van der Waals surface area contributed by atoms with Gasteiger partial charge < -0.3 is 10.6 Å². The summed E-state index contributed by atoms with van der Waals surface area (Å²) in [6, 6.07) is 4.27. The largest absolute Gasteiger partial charge is 0.356 e. The van der Waals surface area contributed by atoms with Crippen LogP contribution in [0.2, 0.25) is 0 Å². The quantitative estimate of drug-likeness (QED) is 0.402. The molecule has 19 heavy (non-hydrogen) atoms. The highest BCUT2D eigenvalue weighted by Crippen LogP contribution is 2.25. The average Bonchev–Trinajstić information content (AvgIpc) is 2.71. The highest BCUT2D eigenvalue weighted by molar-refractivity contribution is 14.0. The van der Waals surface area contributed by atoms with Gasteiger partial charge in [0.25, 0.3) is 0 Å². The van der Waals surface area contributed by atoms with Crippen molar-refractivity contribution in [2.45, 2.75) is 25.7 Å². The van der Waals surface area contributed by atoms with Gasteiger partial charge in [0.1, 0.15) is 0 Å². The van der Waals surface area contributed by atoms with Crippen LogP contribution in [0.15, 0.2) is 20.9 Å². The Bertz CT molecular complexity index is 404. The first-order chi connectivity index (χ1) is 8.78. The standard InChI is InChI=1S/C13H20BrN3S.HI/c1-15-13(17-9-10-3-2-4-10)16-8-7-11-5-6-12(14)18-11;/h5-6,10H,2-4,7-9H2,1H3,(H2,15,16,17);1H. The van der Waals surface area contributed by atoms with E-state index in [2.05, 4.69) is 43.7 Å². The highest BCUT2D eigenvalue weighted by atomic mass is 127. The summed E-state index contributed by atoms with van der Waals surface area (Å²) in [5.41, 5.74) is 0. The summed E-state index contributed by atoms with van der Waals surface area (Å²) in [4.78, 5) is 5.64. The molecule has 1 aromatic rings. The fourth-order valence-corrected chi connectivity index (χ4v) is 3.43. The number of guanidine groups is 1. The molecule has 0 saturated heterocycles. The van der Waals surface area contributed by atoms with Gasteiger partial charge in [0.2, 0.25) is 0 Å². The molecule has 0 aliphatic heterocycles. The number of aliphatic imine (C=N–C) groups is 1. The van der Waals surface area contributed by atoms with Gasteiger partial charge in [-0.2, -0.15) is 0 Å². The molecule has 2 rings (SSSR count). The molecule has 0 aromatic carbocycles. The fraction of sp³-hybridized carbons (Fsp3) is 0.615. The molecule has 0 amide bonds. The van der Waals surface area contributed by atoms with Crippen molar-refractivity contribution in [1.82, 2.24) is 10.6 Å². The zero-order valence-electron chi connectivity index (χ0n) is 11.1. The molecular formula is C13H21BrIN3S. The Morgan fingerprint density at radius 2 is 2.21 bits per heavy atom. The third kappa shape index (κ3) is 5.99. The molecule has 0 bridgehead atoms. The van der Waals surface area contributed by atoms with Crippen LogP contribution in [0.4, 0.5) is 0 Å². The van der Waals surface area contributed by atoms with Crippen LogP contribution in [-0.2, 0) is 6.42 Å². The zero-order chi connectivity index (χ0) is 12.8. The van der Waals surface area contributed by atoms with Gasteiger partial charge in [-0.3, -0.25) is 4.99 Å². The van der Waals surface area contributed by atoms with Gasteiger partial charge in [0, 0.05) is 25.0 Å². The van der Waals surface area contributed by atoms with Crippen LogP contribution in [0.5, 0.6) is 0 Å². The molecule has 0 unspecified atom stereocenters. The Hall–Kier alpha value is 0.180. The maximum Gasteiger partial charge on any atom is 0.190 e. The predicted octanol–water partition coefficient (Wildman–Crippen LogP) is 3.64. The van der Waals surface area contributed by atoms with Crippen LogP contribution >= 0.6 is 51.2 Å². The summed E-state index contributed by atoms with van der Waals surface area (Å²) in [6.45, 7) is 1.99. The lowest BCUT2D eigenvalue weighted by atomic mass is 9.85. The molecule has 1 saturated carbocycles. The van der Waals surface area contributed by atoms with Gasteiger partial charge in [-0.05, 0) is 53.2 Å². The van der Waals surface area contributed by atoms with Crippen LogP contribution < -0.4 is 10.6 Å². The van der Waals surface area contributed by atoms with Crippen LogP contribution in [0.25, 0.3) is 0 Å². The number of rotatable bonds is 5. The van der Waals surface area contributed by atoms with Crippen molar-refractivity contribution in [3.05, 3.63) is 20.8 Å². The van der Waals surface area contributed by atoms with Gasteiger partial charge in [-0.25, -0.2) is 0 Å². The van der Waals surface area contributed by atoms with E-state index >= 15 is 0 Å². The van der Waals surface area contributed by atoms with E-state index in [0.717, 1.165) is 31.4 Å². The molecule has 1 aromatic heterocycles. The monoisotopic (exact) mass is 457 g/mol. The normalized spacial score (nSPS) is 15.6. The van der Waals surface area contributed by atoms with E-state index in [0.29, 0.717) is 0 Å². The first kappa shape index (κ1) is 17.2. The molecule has 3 nitrogen and oxygen atoms in total. The van der Waals surface area contributed by atoms with Crippen molar-refractivity contribution < 1.29 is 0 Å². The van der Waals surface area contributed by atoms with E-state index in [4.69, 9.17) is 0 Å². The minimum Gasteiger partial charge on any atom is -0.356 e. The molecule has 1 aliphatic rings. The molecule has 0 radical (unpaired) electrons. The van der Waals surface area contributed by atoms with Gasteiger partial charge in [-0.15, -0.1) is 35.3 Å². The SMILES string of the molecule is CN=C(NCCc1ccc(Br)s1)NCC1CCC1.I. The molecule has 2 N–H and O–H groups in total. The van der Waals surface area contributed by atoms with Crippen molar-refractivity contribution in [2.24, 2.45) is 10.9 Å². The number of halogens is 2.